The fourth-order valence-electron chi connectivity index (χ4n) is 8.17. The van der Waals surface area contributed by atoms with E-state index in [2.05, 4.69) is 48.3 Å². The molecule has 408 valence electrons. The van der Waals surface area contributed by atoms with Crippen LogP contribution in [-0.4, -0.2) is 206 Å². The van der Waals surface area contributed by atoms with Crippen molar-refractivity contribution in [1.29, 1.82) is 0 Å². The van der Waals surface area contributed by atoms with Gasteiger partial charge in [0.1, 0.15) is 12.1 Å². The summed E-state index contributed by atoms with van der Waals surface area (Å²) < 4.78 is 0. The van der Waals surface area contributed by atoms with E-state index in [1.807, 2.05) is 54.4 Å². The number of carboxylic acids is 3. The zero-order chi connectivity index (χ0) is 55.3. The maximum Gasteiger partial charge on any atom is 0.373 e. The molecule has 1 aliphatic carbocycles. The molecular weight excluding hydrogens is 971 g/mol. The number of aliphatic carboxylic acids is 3. The third kappa shape index (κ3) is 29.3. The summed E-state index contributed by atoms with van der Waals surface area (Å²) in [5.41, 5.74) is 0.880. The average Bonchev–Trinajstić information content (AvgIpc) is 3.35. The number of carbonyl (C=O) groups excluding carboxylic acids is 10. The SMILES string of the molecule is CN1CCN(C)CCN(CC(=O)NCC2CCC(C(=O)NC(Cc3ccc4ccccc4c3)C(=O)NCCCCC(NC(=O)NCCCC(=O)O)C(=O)O)CC2)CCN(CC(=O)O)CC1.O=C=O.O=C=O.O=C=O. The van der Waals surface area contributed by atoms with E-state index >= 15 is 0 Å². The summed E-state index contributed by atoms with van der Waals surface area (Å²) in [4.78, 5) is 144. The van der Waals surface area contributed by atoms with Crippen LogP contribution >= 0.6 is 0 Å². The molecular formula is C49H71N9O16. The van der Waals surface area contributed by atoms with Crippen LogP contribution in [0.4, 0.5) is 4.79 Å². The van der Waals surface area contributed by atoms with Crippen molar-refractivity contribution in [2.75, 3.05) is 99.2 Å². The Morgan fingerprint density at radius 1 is 0.608 bits per heavy atom. The molecule has 5 amide bonds. The Morgan fingerprint density at radius 2 is 1.15 bits per heavy atom. The van der Waals surface area contributed by atoms with Crippen molar-refractivity contribution in [3.05, 3.63) is 48.0 Å². The minimum Gasteiger partial charge on any atom is -0.481 e. The molecule has 0 radical (unpaired) electrons. The number of nitrogens with one attached hydrogen (secondary N) is 5. The van der Waals surface area contributed by atoms with Crippen molar-refractivity contribution in [3.8, 4) is 0 Å². The van der Waals surface area contributed by atoms with Crippen molar-refractivity contribution in [1.82, 2.24) is 46.2 Å². The first-order chi connectivity index (χ1) is 35.4. The van der Waals surface area contributed by atoms with Gasteiger partial charge in [-0.15, -0.1) is 0 Å². The molecule has 2 aliphatic rings. The van der Waals surface area contributed by atoms with Crippen LogP contribution in [0, 0.1) is 11.8 Å². The summed E-state index contributed by atoms with van der Waals surface area (Å²) in [6.45, 7) is 6.71. The second-order valence-corrected chi connectivity index (χ2v) is 17.8. The van der Waals surface area contributed by atoms with Crippen LogP contribution in [0.25, 0.3) is 10.8 Å². The molecule has 0 bridgehead atoms. The van der Waals surface area contributed by atoms with E-state index in [1.165, 1.54) is 0 Å². The van der Waals surface area contributed by atoms with E-state index in [-0.39, 0.29) is 99.9 Å². The Bertz CT molecular complexity index is 2140. The highest BCUT2D eigenvalue weighted by Gasteiger charge is 2.30. The largest absolute Gasteiger partial charge is 0.481 e. The topological polar surface area (TPSA) is 356 Å². The first-order valence-electron chi connectivity index (χ1n) is 24.2. The van der Waals surface area contributed by atoms with Crippen molar-refractivity contribution in [3.63, 3.8) is 0 Å². The van der Waals surface area contributed by atoms with E-state index in [1.54, 1.807) is 0 Å². The van der Waals surface area contributed by atoms with Gasteiger partial charge in [-0.1, -0.05) is 42.5 Å². The second kappa shape index (κ2) is 38.4. The molecule has 0 aromatic heterocycles. The molecule has 1 saturated carbocycles. The fraction of sp³-hybridized carbons (Fsp3) is 0.592. The van der Waals surface area contributed by atoms with Crippen LogP contribution in [-0.2, 0) is 64.0 Å². The number of rotatable bonds is 22. The van der Waals surface area contributed by atoms with Gasteiger partial charge in [-0.2, -0.15) is 28.8 Å². The van der Waals surface area contributed by atoms with Crippen LogP contribution < -0.4 is 26.6 Å². The number of fused-ring (bicyclic) bond motifs is 1. The Hall–Kier alpha value is -7.23. The molecule has 1 saturated heterocycles. The number of urea groups is 1. The fourth-order valence-corrected chi connectivity index (χ4v) is 8.17. The van der Waals surface area contributed by atoms with Gasteiger partial charge in [0.25, 0.3) is 0 Å². The molecule has 2 unspecified atom stereocenters. The Kier molecular flexibility index (Phi) is 33.6. The van der Waals surface area contributed by atoms with E-state index < -0.39 is 36.0 Å². The number of hydrogen-bond donors (Lipinski definition) is 8. The van der Waals surface area contributed by atoms with Crippen LogP contribution in [0.5, 0.6) is 0 Å². The van der Waals surface area contributed by atoms with E-state index in [0.29, 0.717) is 58.4 Å². The monoisotopic (exact) mass is 1040 g/mol. The van der Waals surface area contributed by atoms with Crippen LogP contribution in [0.3, 0.4) is 0 Å². The van der Waals surface area contributed by atoms with Gasteiger partial charge in [-0.3, -0.25) is 33.8 Å². The normalized spacial score (nSPS) is 17.4. The molecule has 1 aliphatic heterocycles. The van der Waals surface area contributed by atoms with Gasteiger partial charge in [0.2, 0.25) is 17.7 Å². The highest BCUT2D eigenvalue weighted by molar-refractivity contribution is 5.89. The number of nitrogens with zero attached hydrogens (tertiary/aromatic N) is 4. The summed E-state index contributed by atoms with van der Waals surface area (Å²) in [7, 11) is 4.11. The third-order valence-electron chi connectivity index (χ3n) is 12.3. The zero-order valence-electron chi connectivity index (χ0n) is 42.1. The molecule has 8 N–H and O–H groups in total. The first-order valence-corrected chi connectivity index (χ1v) is 24.2. The van der Waals surface area contributed by atoms with Crippen molar-refractivity contribution >= 4 is 70.9 Å². The van der Waals surface area contributed by atoms with Crippen LogP contribution in [0.1, 0.15) is 63.4 Å². The quantitative estimate of drug-likeness (QED) is 0.0690. The van der Waals surface area contributed by atoms with Gasteiger partial charge in [-0.05, 0) is 87.7 Å². The minimum atomic E-state index is -1.21. The Balaban J connectivity index is 0.00000283. The summed E-state index contributed by atoms with van der Waals surface area (Å²) in [6, 6.07) is 11.1. The minimum absolute atomic E-state index is 0.0453. The van der Waals surface area contributed by atoms with Crippen LogP contribution in [0.15, 0.2) is 42.5 Å². The summed E-state index contributed by atoms with van der Waals surface area (Å²) in [6.07, 6.45) is 4.73. The van der Waals surface area contributed by atoms with Crippen molar-refractivity contribution in [2.24, 2.45) is 11.8 Å². The van der Waals surface area contributed by atoms with Crippen LogP contribution in [0.2, 0.25) is 0 Å². The second-order valence-electron chi connectivity index (χ2n) is 17.8. The highest BCUT2D eigenvalue weighted by Crippen LogP contribution is 2.29. The first kappa shape index (κ1) is 64.8. The lowest BCUT2D eigenvalue weighted by Gasteiger charge is -2.32. The number of unbranched alkanes of at least 4 members (excludes halogenated alkanes) is 1. The predicted molar refractivity (Wildman–Crippen MR) is 260 cm³/mol. The molecule has 25 nitrogen and oxygen atoms in total. The molecule has 4 rings (SSSR count). The molecule has 25 heteroatoms. The summed E-state index contributed by atoms with van der Waals surface area (Å²) >= 11 is 0. The predicted octanol–water partition coefficient (Wildman–Crippen LogP) is -0.491. The number of hydrogen-bond acceptors (Lipinski definition) is 17. The van der Waals surface area contributed by atoms with Gasteiger partial charge in [0, 0.05) is 90.8 Å². The zero-order valence-corrected chi connectivity index (χ0v) is 42.1. The maximum atomic E-state index is 13.8. The Morgan fingerprint density at radius 3 is 1.72 bits per heavy atom. The highest BCUT2D eigenvalue weighted by atomic mass is 16.4. The lowest BCUT2D eigenvalue weighted by molar-refractivity contribution is -0.193. The molecule has 74 heavy (non-hydrogen) atoms. The molecule has 2 atom stereocenters. The Labute approximate surface area is 429 Å². The van der Waals surface area contributed by atoms with Gasteiger partial charge in [0.05, 0.1) is 13.1 Å². The van der Waals surface area contributed by atoms with Gasteiger partial charge in [-0.25, -0.2) is 9.59 Å². The molecule has 2 aromatic rings. The smallest absolute Gasteiger partial charge is 0.373 e. The standard InChI is InChI=1S/C46H71N9O10.3CO2/c1-52-20-21-53(2)23-25-55(32-42(59)60)27-26-54(24-22-52)31-40(56)49-30-33-12-16-36(17-13-33)43(61)50-39(29-34-14-15-35-8-3-4-9-37(35)28-34)44(62)47-18-6-5-10-38(45(63)64)51-46(65)48-19-7-11-41(57)58;3*2-1-3/h3-4,8-9,14-15,28,33,36,38-39H,5-7,10-13,16-27,29-32H2,1-2H3,(H,47,62)(H,49,56)(H,50,61)(H,57,58)(H,59,60)(H,63,64)(H2,48,51,65);;;. The number of likely N-dealkylation sites (N-methyl/N-ethyl adjacent to an activating group) is 2. The van der Waals surface area contributed by atoms with E-state index in [9.17, 15) is 43.8 Å². The molecule has 2 aromatic carbocycles. The lowest BCUT2D eigenvalue weighted by Crippen LogP contribution is -2.50. The molecule has 0 spiro atoms. The van der Waals surface area contributed by atoms with Gasteiger partial charge < -0.3 is 51.7 Å². The van der Waals surface area contributed by atoms with Gasteiger partial charge >= 0.3 is 42.4 Å². The van der Waals surface area contributed by atoms with E-state index in [0.717, 1.165) is 55.4 Å². The molecule has 2 fully saturated rings. The molecule has 1 heterocycles. The summed E-state index contributed by atoms with van der Waals surface area (Å²) in [5, 5.41) is 43.8. The third-order valence-corrected chi connectivity index (χ3v) is 12.3. The number of benzene rings is 2. The summed E-state index contributed by atoms with van der Waals surface area (Å²) in [5.74, 6) is -3.81. The maximum absolute atomic E-state index is 13.8. The average molecular weight is 1040 g/mol. The van der Waals surface area contributed by atoms with E-state index in [4.69, 9.17) is 33.9 Å². The lowest BCUT2D eigenvalue weighted by atomic mass is 9.81. The van der Waals surface area contributed by atoms with Gasteiger partial charge in [0.15, 0.2) is 0 Å². The van der Waals surface area contributed by atoms with Crippen molar-refractivity contribution in [2.45, 2.75) is 76.3 Å². The number of amides is 5. The van der Waals surface area contributed by atoms with Crippen molar-refractivity contribution < 1.29 is 77.6 Å². The number of carbonyl (C=O) groups is 7. The number of carboxylic acid groups (broad SMARTS) is 3.